The molecule has 1 amide bonds. The van der Waals surface area contributed by atoms with Crippen LogP contribution >= 0.6 is 0 Å². The Morgan fingerprint density at radius 2 is 2.32 bits per heavy atom. The van der Waals surface area contributed by atoms with Crippen LogP contribution < -0.4 is 0 Å². The Morgan fingerprint density at radius 3 is 2.95 bits per heavy atom. The number of nitrogens with zero attached hydrogens (tertiary/aromatic N) is 1. The summed E-state index contributed by atoms with van der Waals surface area (Å²) in [6.07, 6.45) is 6.30. The zero-order valence-electron chi connectivity index (χ0n) is 11.2. The SMILES string of the molecule is C#CCC12OC3C(O)C4CC3C1C4C(=O)N2C(C)C. The van der Waals surface area contributed by atoms with Crippen LogP contribution in [-0.2, 0) is 9.53 Å². The van der Waals surface area contributed by atoms with Crippen LogP contribution in [0.4, 0.5) is 0 Å². The predicted octanol–water partition coefficient (Wildman–Crippen LogP) is 0.598. The van der Waals surface area contributed by atoms with E-state index in [1.165, 1.54) is 0 Å². The fourth-order valence-corrected chi connectivity index (χ4v) is 5.40. The Hall–Kier alpha value is -1.05. The normalized spacial score (nSPS) is 53.4. The summed E-state index contributed by atoms with van der Waals surface area (Å²) in [4.78, 5) is 14.6. The Bertz CT molecular complexity index is 496. The highest BCUT2D eigenvalue weighted by atomic mass is 16.6. The molecule has 19 heavy (non-hydrogen) atoms. The number of aliphatic hydroxyl groups excluding tert-OH is 1. The summed E-state index contributed by atoms with van der Waals surface area (Å²) in [5.74, 6) is 3.35. The summed E-state index contributed by atoms with van der Waals surface area (Å²) in [5.41, 5.74) is -0.647. The van der Waals surface area contributed by atoms with Crippen molar-refractivity contribution in [2.45, 2.75) is 50.7 Å². The molecule has 4 rings (SSSR count). The number of carbonyl (C=O) groups excluding carboxylic acids is 1. The summed E-state index contributed by atoms with van der Waals surface area (Å²) >= 11 is 0. The van der Waals surface area contributed by atoms with E-state index < -0.39 is 11.8 Å². The number of terminal acetylenes is 1. The molecule has 4 nitrogen and oxygen atoms in total. The van der Waals surface area contributed by atoms with Crippen LogP contribution in [0.2, 0.25) is 0 Å². The fourth-order valence-electron chi connectivity index (χ4n) is 5.40. The molecule has 4 heteroatoms. The number of aliphatic hydroxyl groups is 1. The summed E-state index contributed by atoms with van der Waals surface area (Å²) in [5, 5.41) is 10.3. The van der Waals surface area contributed by atoms with Gasteiger partial charge in [-0.05, 0) is 32.1 Å². The molecule has 0 spiro atoms. The molecular formula is C15H19NO3. The van der Waals surface area contributed by atoms with Gasteiger partial charge in [-0.1, -0.05) is 0 Å². The van der Waals surface area contributed by atoms with Crippen LogP contribution in [0.3, 0.4) is 0 Å². The summed E-state index contributed by atoms with van der Waals surface area (Å²) < 4.78 is 6.23. The van der Waals surface area contributed by atoms with Crippen molar-refractivity contribution in [3.63, 3.8) is 0 Å². The average molecular weight is 261 g/mol. The van der Waals surface area contributed by atoms with Gasteiger partial charge in [-0.25, -0.2) is 0 Å². The van der Waals surface area contributed by atoms with Crippen LogP contribution in [0.5, 0.6) is 0 Å². The van der Waals surface area contributed by atoms with Gasteiger partial charge in [0.2, 0.25) is 5.91 Å². The van der Waals surface area contributed by atoms with Crippen molar-refractivity contribution in [1.29, 1.82) is 0 Å². The number of amides is 1. The van der Waals surface area contributed by atoms with E-state index in [0.717, 1.165) is 6.42 Å². The highest BCUT2D eigenvalue weighted by Crippen LogP contribution is 2.68. The largest absolute Gasteiger partial charge is 0.390 e. The maximum absolute atomic E-state index is 12.7. The monoisotopic (exact) mass is 261 g/mol. The maximum atomic E-state index is 12.7. The number of carbonyl (C=O) groups is 1. The second-order valence-corrected chi connectivity index (χ2v) is 6.72. The van der Waals surface area contributed by atoms with Gasteiger partial charge >= 0.3 is 0 Å². The van der Waals surface area contributed by atoms with Crippen LogP contribution in [0.15, 0.2) is 0 Å². The van der Waals surface area contributed by atoms with Crippen LogP contribution in [0, 0.1) is 36.0 Å². The summed E-state index contributed by atoms with van der Waals surface area (Å²) in [6.45, 7) is 4.02. The van der Waals surface area contributed by atoms with E-state index in [9.17, 15) is 9.90 Å². The molecule has 2 saturated carbocycles. The first-order valence-electron chi connectivity index (χ1n) is 7.15. The minimum Gasteiger partial charge on any atom is -0.390 e. The average Bonchev–Trinajstić information content (AvgIpc) is 2.96. The summed E-state index contributed by atoms with van der Waals surface area (Å²) in [7, 11) is 0. The molecule has 2 aliphatic heterocycles. The van der Waals surface area contributed by atoms with Crippen LogP contribution in [0.25, 0.3) is 0 Å². The molecule has 4 fully saturated rings. The van der Waals surface area contributed by atoms with Crippen molar-refractivity contribution in [3.8, 4) is 12.3 Å². The molecule has 0 radical (unpaired) electrons. The van der Waals surface area contributed by atoms with Crippen LogP contribution in [0.1, 0.15) is 26.7 Å². The Morgan fingerprint density at radius 1 is 1.58 bits per heavy atom. The number of likely N-dealkylation sites (tertiary alicyclic amines) is 1. The van der Waals surface area contributed by atoms with Crippen molar-refractivity contribution in [2.24, 2.45) is 23.7 Å². The van der Waals surface area contributed by atoms with Crippen molar-refractivity contribution in [1.82, 2.24) is 4.90 Å². The van der Waals surface area contributed by atoms with E-state index in [-0.39, 0.29) is 35.8 Å². The lowest BCUT2D eigenvalue weighted by molar-refractivity contribution is -0.182. The molecule has 102 valence electrons. The Labute approximate surface area is 113 Å². The molecule has 2 bridgehead atoms. The van der Waals surface area contributed by atoms with Crippen molar-refractivity contribution in [2.75, 3.05) is 0 Å². The van der Waals surface area contributed by atoms with Gasteiger partial charge in [0.25, 0.3) is 0 Å². The topological polar surface area (TPSA) is 49.8 Å². The molecule has 4 aliphatic rings. The second kappa shape index (κ2) is 3.34. The lowest BCUT2D eigenvalue weighted by atomic mass is 9.76. The van der Waals surface area contributed by atoms with E-state index in [1.807, 2.05) is 18.7 Å². The van der Waals surface area contributed by atoms with Gasteiger partial charge < -0.3 is 14.7 Å². The van der Waals surface area contributed by atoms with E-state index in [4.69, 9.17) is 11.2 Å². The number of fused-ring (bicyclic) bond motifs is 2. The first-order chi connectivity index (χ1) is 9.03. The third kappa shape index (κ3) is 1.05. The molecule has 1 N–H and O–H groups in total. The van der Waals surface area contributed by atoms with Gasteiger partial charge in [-0.15, -0.1) is 12.3 Å². The van der Waals surface area contributed by atoms with Crippen LogP contribution in [-0.4, -0.2) is 39.9 Å². The molecule has 0 aromatic rings. The number of ether oxygens (including phenoxy) is 1. The van der Waals surface area contributed by atoms with Gasteiger partial charge in [-0.3, -0.25) is 4.79 Å². The van der Waals surface area contributed by atoms with Crippen molar-refractivity contribution >= 4 is 5.91 Å². The van der Waals surface area contributed by atoms with Gasteiger partial charge in [0.15, 0.2) is 5.72 Å². The number of hydrogen-bond acceptors (Lipinski definition) is 3. The highest BCUT2D eigenvalue weighted by molar-refractivity contribution is 5.85. The van der Waals surface area contributed by atoms with Crippen molar-refractivity contribution in [3.05, 3.63) is 0 Å². The third-order valence-electron chi connectivity index (χ3n) is 5.71. The van der Waals surface area contributed by atoms with Gasteiger partial charge in [-0.2, -0.15) is 0 Å². The fraction of sp³-hybridized carbons (Fsp3) is 0.800. The predicted molar refractivity (Wildman–Crippen MR) is 67.6 cm³/mol. The van der Waals surface area contributed by atoms with E-state index in [2.05, 4.69) is 5.92 Å². The van der Waals surface area contributed by atoms with Gasteiger partial charge in [0, 0.05) is 12.0 Å². The van der Waals surface area contributed by atoms with Gasteiger partial charge in [0.05, 0.1) is 24.5 Å². The number of rotatable bonds is 2. The molecule has 7 unspecified atom stereocenters. The zero-order chi connectivity index (χ0) is 13.5. The lowest BCUT2D eigenvalue weighted by Crippen LogP contribution is -2.53. The molecule has 7 atom stereocenters. The van der Waals surface area contributed by atoms with E-state index in [0.29, 0.717) is 12.3 Å². The Balaban J connectivity index is 1.87. The molecule has 2 saturated heterocycles. The minimum absolute atomic E-state index is 0.0745. The smallest absolute Gasteiger partial charge is 0.229 e. The standard InChI is InChI=1S/C15H19NO3/c1-4-5-15-11-9-6-8(12(17)13(9)19-15)10(11)14(18)16(15)7(2)3/h1,7-13,17H,5-6H2,2-3H3. The maximum Gasteiger partial charge on any atom is 0.229 e. The second-order valence-electron chi connectivity index (χ2n) is 6.72. The quantitative estimate of drug-likeness (QED) is 0.741. The van der Waals surface area contributed by atoms with Gasteiger partial charge in [0.1, 0.15) is 0 Å². The van der Waals surface area contributed by atoms with E-state index >= 15 is 0 Å². The zero-order valence-corrected chi connectivity index (χ0v) is 11.2. The third-order valence-corrected chi connectivity index (χ3v) is 5.71. The molecule has 2 heterocycles. The molecule has 2 aliphatic carbocycles. The van der Waals surface area contributed by atoms with Crippen molar-refractivity contribution < 1.29 is 14.6 Å². The minimum atomic E-state index is -0.647. The molecule has 0 aromatic heterocycles. The first-order valence-corrected chi connectivity index (χ1v) is 7.15. The highest BCUT2D eigenvalue weighted by Gasteiger charge is 2.78. The molecular weight excluding hydrogens is 242 g/mol. The Kier molecular flexibility index (Phi) is 2.06. The number of hydrogen-bond donors (Lipinski definition) is 1. The molecule has 0 aromatic carbocycles. The first kappa shape index (κ1) is 11.7. The lowest BCUT2D eigenvalue weighted by Gasteiger charge is -2.40. The summed E-state index contributed by atoms with van der Waals surface area (Å²) in [6, 6.07) is 0.0849. The van der Waals surface area contributed by atoms with E-state index in [1.54, 1.807) is 0 Å².